The highest BCUT2D eigenvalue weighted by Gasteiger charge is 2.50. The van der Waals surface area contributed by atoms with Crippen LogP contribution in [0, 0.1) is 0 Å². The number of ether oxygens (including phenoxy) is 5. The largest absolute Gasteiger partial charge is 0.462 e. The van der Waals surface area contributed by atoms with Crippen LogP contribution in [0.25, 0.3) is 11.2 Å². The van der Waals surface area contributed by atoms with Gasteiger partial charge in [-0.15, -0.1) is 0 Å². The van der Waals surface area contributed by atoms with Crippen molar-refractivity contribution in [3.63, 3.8) is 0 Å². The summed E-state index contributed by atoms with van der Waals surface area (Å²) in [6.45, 7) is 5.35. The molecular weight excluding hydrogens is 751 g/mol. The summed E-state index contributed by atoms with van der Waals surface area (Å²) < 4.78 is 49.4. The normalized spacial score (nSPS) is 30.8. The van der Waals surface area contributed by atoms with Gasteiger partial charge in [0.1, 0.15) is 78.8 Å². The standard InChI is InChI=1S/C33H49N6O15P/c1-16(2)50-32(47)18(4)38-55(48,54-19-8-6-5-7-9-19)15-49-17(3)10-39-14-36-22-29(34-13-35-30(22)39)37-31-26(45)25(44)28(21(12-41)51-31)53-33-27(46)24(43)23(42)20(11-40)52-33/h5-9,13-14,16-18,20-21,23-28,31,33,40-46H,10-12,15H2,1-4H3,(H,38,48)(H,34,35,37)/t17-,18+,20-,21-,23+,24+,25-,26-,27-,28-,31?,33+,55+/m1/s1. The third-order valence-electron chi connectivity index (χ3n) is 8.76. The van der Waals surface area contributed by atoms with Gasteiger partial charge in [0.25, 0.3) is 0 Å². The predicted octanol–water partition coefficient (Wildman–Crippen LogP) is -1.57. The second-order valence-electron chi connectivity index (χ2n) is 13.5. The first-order valence-corrected chi connectivity index (χ1v) is 19.4. The van der Waals surface area contributed by atoms with Crippen molar-refractivity contribution in [2.75, 3.05) is 24.9 Å². The number of aromatic nitrogens is 4. The molecule has 0 aliphatic carbocycles. The molecule has 0 amide bonds. The molecule has 2 aromatic heterocycles. The Morgan fingerprint density at radius 1 is 0.909 bits per heavy atom. The number of benzene rings is 1. The monoisotopic (exact) mass is 800 g/mol. The molecule has 2 fully saturated rings. The van der Waals surface area contributed by atoms with E-state index in [-0.39, 0.29) is 24.0 Å². The van der Waals surface area contributed by atoms with Crippen LogP contribution in [0.2, 0.25) is 0 Å². The molecule has 0 spiro atoms. The SMILES string of the molecule is CC(C)OC(=O)[C@H](C)N[P@](=O)(CO[C@H](C)Cn1cnc2c(NC3O[C@H](CO)[C@@H](O[C@@H]4O[C@H](CO)[C@H](O)[C@H](O)[C@H]4O)[C@H](O)[C@H]3O)ncnc21)Oc1ccccc1. The zero-order valence-corrected chi connectivity index (χ0v) is 31.4. The van der Waals surface area contributed by atoms with Crippen LogP contribution in [-0.4, -0.2) is 160 Å². The highest BCUT2D eigenvalue weighted by atomic mass is 31.2. The van der Waals surface area contributed by atoms with E-state index in [1.54, 1.807) is 55.7 Å². The number of anilines is 1. The number of nitrogens with one attached hydrogen (secondary N) is 2. The summed E-state index contributed by atoms with van der Waals surface area (Å²) in [4.78, 5) is 25.4. The predicted molar refractivity (Wildman–Crippen MR) is 189 cm³/mol. The number of hydrogen-bond acceptors (Lipinski definition) is 19. The molecule has 21 nitrogen and oxygen atoms in total. The number of aliphatic hydroxyl groups excluding tert-OH is 7. The van der Waals surface area contributed by atoms with E-state index >= 15 is 0 Å². The van der Waals surface area contributed by atoms with Crippen molar-refractivity contribution in [3.05, 3.63) is 43.0 Å². The van der Waals surface area contributed by atoms with Crippen LogP contribution < -0.4 is 14.9 Å². The first-order valence-electron chi connectivity index (χ1n) is 17.6. The number of para-hydroxylation sites is 1. The van der Waals surface area contributed by atoms with E-state index in [2.05, 4.69) is 25.4 Å². The highest BCUT2D eigenvalue weighted by molar-refractivity contribution is 7.57. The molecule has 2 aliphatic rings. The summed E-state index contributed by atoms with van der Waals surface area (Å²) in [6.07, 6.45) is -14.5. The van der Waals surface area contributed by atoms with Crippen molar-refractivity contribution >= 4 is 30.5 Å². The number of hydrogen-bond donors (Lipinski definition) is 9. The Kier molecular flexibility index (Phi) is 14.5. The molecule has 2 aliphatic heterocycles. The molecule has 3 aromatic rings. The van der Waals surface area contributed by atoms with Crippen molar-refractivity contribution in [2.24, 2.45) is 0 Å². The quantitative estimate of drug-likeness (QED) is 0.0550. The van der Waals surface area contributed by atoms with Gasteiger partial charge >= 0.3 is 13.5 Å². The molecule has 1 aromatic carbocycles. The van der Waals surface area contributed by atoms with Gasteiger partial charge in [0.05, 0.1) is 38.3 Å². The average Bonchev–Trinajstić information content (AvgIpc) is 3.57. The molecule has 9 N–H and O–H groups in total. The lowest BCUT2D eigenvalue weighted by Gasteiger charge is -2.46. The topological polar surface area (TPSA) is 299 Å². The molecule has 0 saturated carbocycles. The summed E-state index contributed by atoms with van der Waals surface area (Å²) in [5.41, 5.74) is 0.561. The van der Waals surface area contributed by atoms with Gasteiger partial charge < -0.3 is 73.8 Å². The first kappa shape index (κ1) is 42.7. The van der Waals surface area contributed by atoms with E-state index in [0.717, 1.165) is 0 Å². The summed E-state index contributed by atoms with van der Waals surface area (Å²) in [5.74, 6) is -0.216. The lowest BCUT2D eigenvalue weighted by Crippen LogP contribution is -2.65. The van der Waals surface area contributed by atoms with Crippen molar-refractivity contribution < 1.29 is 73.3 Å². The number of fused-ring (bicyclic) bond motifs is 1. The Morgan fingerprint density at radius 2 is 1.62 bits per heavy atom. The van der Waals surface area contributed by atoms with Gasteiger partial charge in [-0.25, -0.2) is 20.0 Å². The van der Waals surface area contributed by atoms with Crippen LogP contribution in [0.4, 0.5) is 5.82 Å². The van der Waals surface area contributed by atoms with E-state index in [1.807, 2.05) is 0 Å². The molecule has 13 atom stereocenters. The Hall–Kier alpha value is -3.41. The Morgan fingerprint density at radius 3 is 2.29 bits per heavy atom. The van der Waals surface area contributed by atoms with E-state index < -0.39 is 107 Å². The van der Waals surface area contributed by atoms with Gasteiger partial charge in [-0.3, -0.25) is 9.36 Å². The zero-order valence-electron chi connectivity index (χ0n) is 30.5. The maximum Gasteiger partial charge on any atom is 0.342 e. The minimum Gasteiger partial charge on any atom is -0.462 e. The van der Waals surface area contributed by atoms with Crippen LogP contribution in [-0.2, 0) is 39.6 Å². The molecule has 0 bridgehead atoms. The summed E-state index contributed by atoms with van der Waals surface area (Å²) in [6, 6.07) is 7.46. The van der Waals surface area contributed by atoms with Gasteiger partial charge in [-0.1, -0.05) is 18.2 Å². The van der Waals surface area contributed by atoms with Gasteiger partial charge in [0, 0.05) is 0 Å². The fraction of sp³-hybridized carbons (Fsp3) is 0.636. The van der Waals surface area contributed by atoms with Gasteiger partial charge in [-0.05, 0) is 39.8 Å². The van der Waals surface area contributed by atoms with E-state index in [4.69, 9.17) is 28.2 Å². The second kappa shape index (κ2) is 18.7. The minimum absolute atomic E-state index is 0.0887. The molecule has 2 saturated heterocycles. The molecular formula is C33H49N6O15P. The van der Waals surface area contributed by atoms with E-state index in [1.165, 1.54) is 19.6 Å². The fourth-order valence-corrected chi connectivity index (χ4v) is 7.73. The molecule has 5 rings (SSSR count). The van der Waals surface area contributed by atoms with Crippen molar-refractivity contribution in [1.29, 1.82) is 0 Å². The summed E-state index contributed by atoms with van der Waals surface area (Å²) in [5, 5.41) is 77.8. The van der Waals surface area contributed by atoms with Gasteiger partial charge in [-0.2, -0.15) is 0 Å². The first-order chi connectivity index (χ1) is 26.1. The number of aliphatic hydroxyl groups is 7. The van der Waals surface area contributed by atoms with Crippen LogP contribution in [0.1, 0.15) is 27.7 Å². The van der Waals surface area contributed by atoms with Crippen LogP contribution in [0.3, 0.4) is 0 Å². The third-order valence-corrected chi connectivity index (χ3v) is 10.5. The molecule has 22 heteroatoms. The summed E-state index contributed by atoms with van der Waals surface area (Å²) >= 11 is 0. The van der Waals surface area contributed by atoms with Crippen molar-refractivity contribution in [3.8, 4) is 5.75 Å². The maximum atomic E-state index is 14.0. The lowest BCUT2D eigenvalue weighted by atomic mass is 9.96. The number of rotatable bonds is 17. The number of carbonyl (C=O) groups excluding carboxylic acids is 1. The maximum absolute atomic E-state index is 14.0. The fourth-order valence-electron chi connectivity index (χ4n) is 5.94. The zero-order chi connectivity index (χ0) is 40.0. The number of esters is 1. The van der Waals surface area contributed by atoms with Crippen molar-refractivity contribution in [1.82, 2.24) is 24.6 Å². The Balaban J connectivity index is 1.24. The van der Waals surface area contributed by atoms with Crippen LogP contribution in [0.5, 0.6) is 5.75 Å². The average molecular weight is 801 g/mol. The Labute approximate surface area is 315 Å². The highest BCUT2D eigenvalue weighted by Crippen LogP contribution is 2.44. The van der Waals surface area contributed by atoms with E-state index in [9.17, 15) is 45.1 Å². The lowest BCUT2D eigenvalue weighted by molar-refractivity contribution is -0.340. The van der Waals surface area contributed by atoms with Crippen LogP contribution >= 0.6 is 7.52 Å². The Bertz CT molecular complexity index is 1740. The number of carbonyl (C=O) groups is 1. The number of imidazole rings is 1. The molecule has 1 unspecified atom stereocenters. The van der Waals surface area contributed by atoms with Gasteiger partial charge in [0.2, 0.25) is 0 Å². The summed E-state index contributed by atoms with van der Waals surface area (Å²) in [7, 11) is -3.83. The van der Waals surface area contributed by atoms with Gasteiger partial charge in [0.15, 0.2) is 24.0 Å². The number of nitrogens with zero attached hydrogens (tertiary/aromatic N) is 4. The second-order valence-corrected chi connectivity index (χ2v) is 15.6. The molecule has 4 heterocycles. The van der Waals surface area contributed by atoms with Crippen LogP contribution in [0.15, 0.2) is 43.0 Å². The molecule has 306 valence electrons. The smallest absolute Gasteiger partial charge is 0.342 e. The molecule has 55 heavy (non-hydrogen) atoms. The molecule has 0 radical (unpaired) electrons. The van der Waals surface area contributed by atoms with E-state index in [0.29, 0.717) is 11.4 Å². The third kappa shape index (κ3) is 10.3. The minimum atomic E-state index is -3.83. The van der Waals surface area contributed by atoms with Crippen molar-refractivity contribution in [2.45, 2.75) is 114 Å².